The minimum absolute atomic E-state index is 0.0917. The monoisotopic (exact) mass is 343 g/mol. The highest BCUT2D eigenvalue weighted by Crippen LogP contribution is 2.36. The van der Waals surface area contributed by atoms with Gasteiger partial charge in [-0.25, -0.2) is 4.39 Å². The summed E-state index contributed by atoms with van der Waals surface area (Å²) >= 11 is 3.24. The predicted octanol–water partition coefficient (Wildman–Crippen LogP) is 3.76. The quantitative estimate of drug-likeness (QED) is 0.904. The molecule has 1 unspecified atom stereocenters. The zero-order valence-electron chi connectivity index (χ0n) is 11.5. The molecule has 5 heteroatoms. The number of halogens is 2. The van der Waals surface area contributed by atoms with E-state index >= 15 is 0 Å². The highest BCUT2D eigenvalue weighted by Gasteiger charge is 2.38. The van der Waals surface area contributed by atoms with Crippen molar-refractivity contribution in [2.24, 2.45) is 0 Å². The summed E-state index contributed by atoms with van der Waals surface area (Å²) in [4.78, 5) is 13.4. The van der Waals surface area contributed by atoms with E-state index in [-0.39, 0.29) is 12.2 Å². The first-order valence-electron chi connectivity index (χ1n) is 6.86. The fourth-order valence-corrected chi connectivity index (χ4v) is 3.32. The summed E-state index contributed by atoms with van der Waals surface area (Å²) < 4.78 is 15.0. The number of carbonyl (C=O) groups is 1. The number of carboxylic acid groups (broad SMARTS) is 1. The van der Waals surface area contributed by atoms with Gasteiger partial charge in [-0.05, 0) is 45.0 Å². The molecule has 1 heterocycles. The van der Waals surface area contributed by atoms with E-state index < -0.39 is 11.5 Å². The van der Waals surface area contributed by atoms with Crippen molar-refractivity contribution in [3.05, 3.63) is 34.1 Å². The molecule has 0 aromatic heterocycles. The minimum atomic E-state index is -0.902. The van der Waals surface area contributed by atoms with Crippen LogP contribution in [0.5, 0.6) is 0 Å². The second-order valence-corrected chi connectivity index (χ2v) is 6.43. The topological polar surface area (TPSA) is 40.5 Å². The van der Waals surface area contributed by atoms with Gasteiger partial charge in [-0.1, -0.05) is 28.4 Å². The number of likely N-dealkylation sites (tertiary alicyclic amines) is 1. The maximum Gasteiger partial charge on any atom is 0.305 e. The number of hydrogen-bond acceptors (Lipinski definition) is 2. The fourth-order valence-electron chi connectivity index (χ4n) is 2.99. The Bertz CT molecular complexity index is 503. The number of rotatable bonds is 4. The van der Waals surface area contributed by atoms with Crippen LogP contribution in [0.2, 0.25) is 0 Å². The highest BCUT2D eigenvalue weighted by molar-refractivity contribution is 9.10. The van der Waals surface area contributed by atoms with Crippen LogP contribution >= 0.6 is 15.9 Å². The average molecular weight is 344 g/mol. The van der Waals surface area contributed by atoms with Crippen LogP contribution < -0.4 is 0 Å². The molecule has 1 aromatic carbocycles. The van der Waals surface area contributed by atoms with Crippen molar-refractivity contribution in [2.75, 3.05) is 13.1 Å². The van der Waals surface area contributed by atoms with Gasteiger partial charge in [0.05, 0.1) is 12.0 Å². The van der Waals surface area contributed by atoms with Crippen molar-refractivity contribution >= 4 is 21.9 Å². The number of hydrogen-bond donors (Lipinski definition) is 1. The van der Waals surface area contributed by atoms with Gasteiger partial charge >= 0.3 is 5.97 Å². The Morgan fingerprint density at radius 1 is 1.40 bits per heavy atom. The SMILES string of the molecule is CC(CC(=O)O)(c1ccc(Br)cc1F)N1CCCCC1. The van der Waals surface area contributed by atoms with Gasteiger partial charge in [0, 0.05) is 10.0 Å². The molecule has 1 N–H and O–H groups in total. The molecule has 3 nitrogen and oxygen atoms in total. The molecule has 2 rings (SSSR count). The predicted molar refractivity (Wildman–Crippen MR) is 79.1 cm³/mol. The molecule has 1 aromatic rings. The third kappa shape index (κ3) is 3.20. The van der Waals surface area contributed by atoms with Crippen LogP contribution in [0.3, 0.4) is 0 Å². The Labute approximate surface area is 126 Å². The average Bonchev–Trinajstić information content (AvgIpc) is 2.38. The summed E-state index contributed by atoms with van der Waals surface area (Å²) in [5, 5.41) is 9.23. The summed E-state index contributed by atoms with van der Waals surface area (Å²) in [5.41, 5.74) is -0.332. The maximum absolute atomic E-state index is 14.3. The minimum Gasteiger partial charge on any atom is -0.481 e. The number of benzene rings is 1. The molecular formula is C15H19BrFNO2. The second kappa shape index (κ2) is 6.22. The van der Waals surface area contributed by atoms with E-state index in [0.29, 0.717) is 10.0 Å². The van der Waals surface area contributed by atoms with Crippen LogP contribution in [0.25, 0.3) is 0 Å². The van der Waals surface area contributed by atoms with E-state index in [1.165, 1.54) is 6.07 Å². The van der Waals surface area contributed by atoms with Crippen LogP contribution in [0.15, 0.2) is 22.7 Å². The first kappa shape index (κ1) is 15.4. The molecule has 20 heavy (non-hydrogen) atoms. The summed E-state index contributed by atoms with van der Waals surface area (Å²) in [7, 11) is 0. The van der Waals surface area contributed by atoms with Crippen molar-refractivity contribution < 1.29 is 14.3 Å². The lowest BCUT2D eigenvalue weighted by molar-refractivity contribution is -0.140. The van der Waals surface area contributed by atoms with Gasteiger partial charge in [0.2, 0.25) is 0 Å². The van der Waals surface area contributed by atoms with Gasteiger partial charge < -0.3 is 5.11 Å². The molecule has 0 saturated carbocycles. The van der Waals surface area contributed by atoms with Crippen LogP contribution in [-0.4, -0.2) is 29.1 Å². The van der Waals surface area contributed by atoms with Crippen molar-refractivity contribution in [2.45, 2.75) is 38.1 Å². The second-order valence-electron chi connectivity index (χ2n) is 5.52. The Hall–Kier alpha value is -0.940. The first-order chi connectivity index (χ1) is 9.43. The summed E-state index contributed by atoms with van der Waals surface area (Å²) in [6.45, 7) is 3.47. The Balaban J connectivity index is 2.41. The zero-order chi connectivity index (χ0) is 14.8. The van der Waals surface area contributed by atoms with E-state index in [9.17, 15) is 14.3 Å². The number of nitrogens with zero attached hydrogens (tertiary/aromatic N) is 1. The number of piperidine rings is 1. The van der Waals surface area contributed by atoms with Crippen LogP contribution in [0.4, 0.5) is 4.39 Å². The van der Waals surface area contributed by atoms with Gasteiger partial charge in [0.25, 0.3) is 0 Å². The molecular weight excluding hydrogens is 325 g/mol. The van der Waals surface area contributed by atoms with Crippen LogP contribution in [0.1, 0.15) is 38.2 Å². The molecule has 1 fully saturated rings. The Morgan fingerprint density at radius 2 is 2.05 bits per heavy atom. The van der Waals surface area contributed by atoms with E-state index in [1.807, 2.05) is 6.92 Å². The van der Waals surface area contributed by atoms with E-state index in [2.05, 4.69) is 20.8 Å². The smallest absolute Gasteiger partial charge is 0.305 e. The van der Waals surface area contributed by atoms with Gasteiger partial charge in [0.15, 0.2) is 0 Å². The molecule has 0 spiro atoms. The first-order valence-corrected chi connectivity index (χ1v) is 7.65. The van der Waals surface area contributed by atoms with Crippen molar-refractivity contribution in [3.63, 3.8) is 0 Å². The lowest BCUT2D eigenvalue weighted by Gasteiger charge is -2.43. The third-order valence-corrected chi connectivity index (χ3v) is 4.55. The van der Waals surface area contributed by atoms with Gasteiger partial charge in [0.1, 0.15) is 5.82 Å². The molecule has 0 bridgehead atoms. The van der Waals surface area contributed by atoms with E-state index in [1.54, 1.807) is 12.1 Å². The molecule has 110 valence electrons. The van der Waals surface area contributed by atoms with Gasteiger partial charge in [-0.15, -0.1) is 0 Å². The number of aliphatic carboxylic acids is 1. The van der Waals surface area contributed by atoms with Gasteiger partial charge in [-0.3, -0.25) is 9.69 Å². The molecule has 0 aliphatic carbocycles. The highest BCUT2D eigenvalue weighted by atomic mass is 79.9. The summed E-state index contributed by atoms with van der Waals surface area (Å²) in [6.07, 6.45) is 3.13. The summed E-state index contributed by atoms with van der Waals surface area (Å²) in [5.74, 6) is -1.26. The molecule has 1 aliphatic rings. The van der Waals surface area contributed by atoms with Crippen LogP contribution in [-0.2, 0) is 10.3 Å². The zero-order valence-corrected chi connectivity index (χ0v) is 13.1. The van der Waals surface area contributed by atoms with E-state index in [4.69, 9.17) is 0 Å². The maximum atomic E-state index is 14.3. The van der Waals surface area contributed by atoms with Crippen LogP contribution in [0, 0.1) is 5.82 Å². The van der Waals surface area contributed by atoms with Crippen molar-refractivity contribution in [3.8, 4) is 0 Å². The van der Waals surface area contributed by atoms with E-state index in [0.717, 1.165) is 32.4 Å². The third-order valence-electron chi connectivity index (χ3n) is 4.06. The molecule has 1 aliphatic heterocycles. The molecule has 1 saturated heterocycles. The fraction of sp³-hybridized carbons (Fsp3) is 0.533. The molecule has 1 atom stereocenters. The normalized spacial score (nSPS) is 19.6. The van der Waals surface area contributed by atoms with Crippen molar-refractivity contribution in [1.29, 1.82) is 0 Å². The standard InChI is InChI=1S/C15H19BrFNO2/c1-15(10-14(19)20,18-7-3-2-4-8-18)12-6-5-11(16)9-13(12)17/h5-6,9H,2-4,7-8,10H2,1H3,(H,19,20). The van der Waals surface area contributed by atoms with Crippen molar-refractivity contribution in [1.82, 2.24) is 4.90 Å². The Kier molecular flexibility index (Phi) is 4.81. The largest absolute Gasteiger partial charge is 0.481 e. The lowest BCUT2D eigenvalue weighted by atomic mass is 9.85. The number of carboxylic acids is 1. The summed E-state index contributed by atoms with van der Waals surface area (Å²) in [6, 6.07) is 4.86. The Morgan fingerprint density at radius 3 is 2.60 bits per heavy atom. The molecule has 0 radical (unpaired) electrons. The molecule has 0 amide bonds. The van der Waals surface area contributed by atoms with Gasteiger partial charge in [-0.2, -0.15) is 0 Å². The lowest BCUT2D eigenvalue weighted by Crippen LogP contribution is -2.48.